The van der Waals surface area contributed by atoms with Crippen LogP contribution in [0.2, 0.25) is 0 Å². The van der Waals surface area contributed by atoms with Crippen LogP contribution in [0.4, 0.5) is 13.2 Å². The van der Waals surface area contributed by atoms with E-state index in [4.69, 9.17) is 10.2 Å². The van der Waals surface area contributed by atoms with Crippen LogP contribution in [-0.4, -0.2) is 28.1 Å². The highest BCUT2D eigenvalue weighted by Gasteiger charge is 2.26. The zero-order chi connectivity index (χ0) is 16.2. The third kappa shape index (κ3) is 3.87. The average molecular weight is 305 g/mol. The van der Waals surface area contributed by atoms with E-state index in [1.807, 2.05) is 12.2 Å². The SMILES string of the molecule is CCCC[C@H](NC(=O)c1cc(F)c(F)c(O)c1F)C(=O)O. The molecule has 0 saturated heterocycles. The van der Waals surface area contributed by atoms with E-state index < -0.39 is 46.7 Å². The summed E-state index contributed by atoms with van der Waals surface area (Å²) in [7, 11) is 0. The summed E-state index contributed by atoms with van der Waals surface area (Å²) in [5, 5.41) is 19.9. The van der Waals surface area contributed by atoms with Gasteiger partial charge >= 0.3 is 5.97 Å². The first kappa shape index (κ1) is 16.8. The minimum absolute atomic E-state index is 0.106. The first-order valence-corrected chi connectivity index (χ1v) is 6.19. The van der Waals surface area contributed by atoms with E-state index in [1.165, 1.54) is 0 Å². The molecule has 3 N–H and O–H groups in total. The molecule has 0 radical (unpaired) electrons. The molecule has 8 heteroatoms. The molecule has 1 aromatic carbocycles. The van der Waals surface area contributed by atoms with Crippen LogP contribution in [0.1, 0.15) is 36.5 Å². The number of hydrogen-bond acceptors (Lipinski definition) is 3. The molecule has 0 fully saturated rings. The second-order valence-electron chi connectivity index (χ2n) is 4.39. The van der Waals surface area contributed by atoms with Crippen molar-refractivity contribution in [3.63, 3.8) is 0 Å². The molecule has 0 aromatic heterocycles. The standard InChI is InChI=1S/C13H14F3NO4/c1-2-3-4-8(13(20)21)17-12(19)6-5-7(14)10(16)11(18)9(6)15/h5,8,18H,2-4H2,1H3,(H,17,19)(H,20,21)/t8-/m0/s1. The molecule has 116 valence electrons. The predicted octanol–water partition coefficient (Wildman–Crippen LogP) is 2.18. The van der Waals surface area contributed by atoms with Crippen molar-refractivity contribution in [1.29, 1.82) is 0 Å². The van der Waals surface area contributed by atoms with Crippen molar-refractivity contribution in [3.8, 4) is 5.75 Å². The maximum atomic E-state index is 13.5. The Kier molecular flexibility index (Phi) is 5.57. The van der Waals surface area contributed by atoms with Crippen LogP contribution >= 0.6 is 0 Å². The zero-order valence-corrected chi connectivity index (χ0v) is 11.1. The highest BCUT2D eigenvalue weighted by atomic mass is 19.2. The van der Waals surface area contributed by atoms with Crippen molar-refractivity contribution in [1.82, 2.24) is 5.32 Å². The Morgan fingerprint density at radius 2 is 1.90 bits per heavy atom. The normalized spacial score (nSPS) is 12.0. The molecule has 0 aliphatic carbocycles. The van der Waals surface area contributed by atoms with Crippen molar-refractivity contribution < 1.29 is 33.0 Å². The molecular weight excluding hydrogens is 291 g/mol. The van der Waals surface area contributed by atoms with Gasteiger partial charge in [0.05, 0.1) is 5.56 Å². The van der Waals surface area contributed by atoms with Crippen molar-refractivity contribution in [3.05, 3.63) is 29.1 Å². The summed E-state index contributed by atoms with van der Waals surface area (Å²) in [4.78, 5) is 22.7. The molecule has 1 atom stereocenters. The largest absolute Gasteiger partial charge is 0.503 e. The van der Waals surface area contributed by atoms with Gasteiger partial charge in [-0.15, -0.1) is 0 Å². The third-order valence-electron chi connectivity index (χ3n) is 2.83. The van der Waals surface area contributed by atoms with Gasteiger partial charge in [0, 0.05) is 0 Å². The number of phenolic OH excluding ortho intramolecular Hbond substituents is 1. The smallest absolute Gasteiger partial charge is 0.326 e. The van der Waals surface area contributed by atoms with E-state index in [2.05, 4.69) is 0 Å². The number of carboxylic acid groups (broad SMARTS) is 1. The van der Waals surface area contributed by atoms with E-state index >= 15 is 0 Å². The molecule has 0 bridgehead atoms. The van der Waals surface area contributed by atoms with Crippen LogP contribution in [0, 0.1) is 17.5 Å². The molecular formula is C13H14F3NO4. The topological polar surface area (TPSA) is 86.6 Å². The fourth-order valence-corrected chi connectivity index (χ4v) is 1.66. The summed E-state index contributed by atoms with van der Waals surface area (Å²) in [5.74, 6) is -9.27. The van der Waals surface area contributed by atoms with Crippen LogP contribution in [0.25, 0.3) is 0 Å². The van der Waals surface area contributed by atoms with Gasteiger partial charge in [-0.1, -0.05) is 19.8 Å². The number of hydrogen-bond donors (Lipinski definition) is 3. The number of carboxylic acids is 1. The molecule has 0 aliphatic heterocycles. The van der Waals surface area contributed by atoms with Crippen LogP contribution in [0.5, 0.6) is 5.75 Å². The van der Waals surface area contributed by atoms with E-state index in [9.17, 15) is 22.8 Å². The van der Waals surface area contributed by atoms with E-state index in [0.29, 0.717) is 12.8 Å². The number of nitrogens with one attached hydrogen (secondary N) is 1. The van der Waals surface area contributed by atoms with E-state index in [-0.39, 0.29) is 12.5 Å². The molecule has 0 aliphatic rings. The van der Waals surface area contributed by atoms with Gasteiger partial charge in [0.1, 0.15) is 6.04 Å². The number of aromatic hydroxyl groups is 1. The van der Waals surface area contributed by atoms with Gasteiger partial charge in [0.25, 0.3) is 5.91 Å². The maximum Gasteiger partial charge on any atom is 0.326 e. The van der Waals surface area contributed by atoms with Gasteiger partial charge in [-0.05, 0) is 12.5 Å². The number of carbonyl (C=O) groups is 2. The lowest BCUT2D eigenvalue weighted by molar-refractivity contribution is -0.139. The van der Waals surface area contributed by atoms with E-state index in [0.717, 1.165) is 0 Å². The average Bonchev–Trinajstić information content (AvgIpc) is 2.44. The Bertz CT molecular complexity index is 563. The lowest BCUT2D eigenvalue weighted by Gasteiger charge is -2.14. The van der Waals surface area contributed by atoms with Crippen LogP contribution in [0.15, 0.2) is 6.07 Å². The lowest BCUT2D eigenvalue weighted by atomic mass is 10.1. The molecule has 21 heavy (non-hydrogen) atoms. The first-order valence-electron chi connectivity index (χ1n) is 6.19. The number of rotatable bonds is 6. The molecule has 5 nitrogen and oxygen atoms in total. The Labute approximate surface area is 118 Å². The number of amides is 1. The number of benzene rings is 1. The first-order chi connectivity index (χ1) is 9.79. The number of aliphatic carboxylic acids is 1. The zero-order valence-electron chi connectivity index (χ0n) is 11.1. The third-order valence-corrected chi connectivity index (χ3v) is 2.83. The summed E-state index contributed by atoms with van der Waals surface area (Å²) in [5.41, 5.74) is -0.964. The maximum absolute atomic E-state index is 13.5. The summed E-state index contributed by atoms with van der Waals surface area (Å²) >= 11 is 0. The molecule has 0 saturated carbocycles. The minimum atomic E-state index is -1.81. The minimum Gasteiger partial charge on any atom is -0.503 e. The fourth-order valence-electron chi connectivity index (χ4n) is 1.66. The molecule has 1 rings (SSSR count). The predicted molar refractivity (Wildman–Crippen MR) is 66.4 cm³/mol. The second-order valence-corrected chi connectivity index (χ2v) is 4.39. The molecule has 1 amide bonds. The van der Waals surface area contributed by atoms with Crippen molar-refractivity contribution in [2.45, 2.75) is 32.2 Å². The van der Waals surface area contributed by atoms with Gasteiger partial charge < -0.3 is 15.5 Å². The Balaban J connectivity index is 3.00. The Morgan fingerprint density at radius 3 is 2.43 bits per heavy atom. The quantitative estimate of drug-likeness (QED) is 0.703. The molecule has 0 spiro atoms. The summed E-state index contributed by atoms with van der Waals surface area (Å²) < 4.78 is 39.5. The van der Waals surface area contributed by atoms with E-state index in [1.54, 1.807) is 0 Å². The van der Waals surface area contributed by atoms with Gasteiger partial charge in [-0.2, -0.15) is 4.39 Å². The molecule has 0 unspecified atom stereocenters. The van der Waals surface area contributed by atoms with Gasteiger partial charge in [0.15, 0.2) is 17.4 Å². The lowest BCUT2D eigenvalue weighted by Crippen LogP contribution is -2.41. The molecule has 1 aromatic rings. The van der Waals surface area contributed by atoms with Crippen LogP contribution in [0.3, 0.4) is 0 Å². The van der Waals surface area contributed by atoms with Crippen molar-refractivity contribution in [2.24, 2.45) is 0 Å². The van der Waals surface area contributed by atoms with Crippen molar-refractivity contribution >= 4 is 11.9 Å². The summed E-state index contributed by atoms with van der Waals surface area (Å²) in [6, 6.07) is -1.02. The highest BCUT2D eigenvalue weighted by molar-refractivity contribution is 5.97. The monoisotopic (exact) mass is 305 g/mol. The fraction of sp³-hybridized carbons (Fsp3) is 0.385. The summed E-state index contributed by atoms with van der Waals surface area (Å²) in [6.45, 7) is 1.81. The van der Waals surface area contributed by atoms with Gasteiger partial charge in [-0.3, -0.25) is 4.79 Å². The Hall–Kier alpha value is -2.25. The number of phenols is 1. The Morgan fingerprint density at radius 1 is 1.29 bits per heavy atom. The number of carbonyl (C=O) groups excluding carboxylic acids is 1. The van der Waals surface area contributed by atoms with Crippen molar-refractivity contribution in [2.75, 3.05) is 0 Å². The van der Waals surface area contributed by atoms with Gasteiger partial charge in [-0.25, -0.2) is 13.6 Å². The highest BCUT2D eigenvalue weighted by Crippen LogP contribution is 2.25. The molecule has 0 heterocycles. The van der Waals surface area contributed by atoms with Gasteiger partial charge in [0.2, 0.25) is 5.82 Å². The van der Waals surface area contributed by atoms with Crippen LogP contribution < -0.4 is 5.32 Å². The number of halogens is 3. The second kappa shape index (κ2) is 6.96. The van der Waals surface area contributed by atoms with Crippen LogP contribution in [-0.2, 0) is 4.79 Å². The summed E-state index contributed by atoms with van der Waals surface area (Å²) in [6.07, 6.45) is 1.29. The number of unbranched alkanes of at least 4 members (excludes halogenated alkanes) is 1.